The zero-order valence-corrected chi connectivity index (χ0v) is 6.58. The van der Waals surface area contributed by atoms with Gasteiger partial charge in [-0.2, -0.15) is 0 Å². The standard InChI is InChI=1S/C7H4ClNO3/c8-6(10)5-4(7(11)12)2-1-3-9-5/h1-3H,(H,11,12). The molecule has 0 aliphatic carbocycles. The first-order valence-corrected chi connectivity index (χ1v) is 3.39. The van der Waals surface area contributed by atoms with Gasteiger partial charge < -0.3 is 5.11 Å². The van der Waals surface area contributed by atoms with Gasteiger partial charge in [-0.1, -0.05) is 0 Å². The molecular formula is C7H4ClNO3. The molecule has 1 heterocycles. The maximum absolute atomic E-state index is 10.6. The molecule has 4 nitrogen and oxygen atoms in total. The smallest absolute Gasteiger partial charge is 0.338 e. The normalized spacial score (nSPS) is 9.42. The van der Waals surface area contributed by atoms with Gasteiger partial charge in [0.25, 0.3) is 5.24 Å². The Morgan fingerprint density at radius 2 is 2.17 bits per heavy atom. The van der Waals surface area contributed by atoms with Crippen LogP contribution >= 0.6 is 11.6 Å². The number of nitrogens with zero attached hydrogens (tertiary/aromatic N) is 1. The molecule has 62 valence electrons. The monoisotopic (exact) mass is 185 g/mol. The van der Waals surface area contributed by atoms with Gasteiger partial charge in [-0.3, -0.25) is 9.78 Å². The van der Waals surface area contributed by atoms with Crippen molar-refractivity contribution in [2.75, 3.05) is 0 Å². The fourth-order valence-electron chi connectivity index (χ4n) is 0.735. The van der Waals surface area contributed by atoms with E-state index in [1.54, 1.807) is 0 Å². The maximum Gasteiger partial charge on any atom is 0.338 e. The third-order valence-corrected chi connectivity index (χ3v) is 1.40. The predicted octanol–water partition coefficient (Wildman–Crippen LogP) is 1.16. The lowest BCUT2D eigenvalue weighted by atomic mass is 10.2. The van der Waals surface area contributed by atoms with Gasteiger partial charge in [-0.25, -0.2) is 4.79 Å². The quantitative estimate of drug-likeness (QED) is 0.702. The summed E-state index contributed by atoms with van der Waals surface area (Å²) in [6, 6.07) is 2.69. The largest absolute Gasteiger partial charge is 0.478 e. The van der Waals surface area contributed by atoms with E-state index in [2.05, 4.69) is 4.98 Å². The van der Waals surface area contributed by atoms with E-state index in [4.69, 9.17) is 16.7 Å². The lowest BCUT2D eigenvalue weighted by molar-refractivity contribution is 0.0692. The van der Waals surface area contributed by atoms with Crippen LogP contribution in [0.1, 0.15) is 20.8 Å². The molecule has 0 aromatic carbocycles. The van der Waals surface area contributed by atoms with Crippen molar-refractivity contribution in [1.29, 1.82) is 0 Å². The Hall–Kier alpha value is -1.42. The molecule has 0 spiro atoms. The molecule has 0 saturated carbocycles. The van der Waals surface area contributed by atoms with E-state index in [0.717, 1.165) is 0 Å². The summed E-state index contributed by atoms with van der Waals surface area (Å²) in [5.41, 5.74) is -0.413. The van der Waals surface area contributed by atoms with Gasteiger partial charge in [0.05, 0.1) is 5.56 Å². The van der Waals surface area contributed by atoms with Crippen molar-refractivity contribution in [2.24, 2.45) is 0 Å². The number of pyridine rings is 1. The minimum atomic E-state index is -1.22. The zero-order valence-electron chi connectivity index (χ0n) is 5.82. The van der Waals surface area contributed by atoms with Crippen molar-refractivity contribution >= 4 is 22.8 Å². The molecule has 0 amide bonds. The highest BCUT2D eigenvalue weighted by Crippen LogP contribution is 2.07. The summed E-state index contributed by atoms with van der Waals surface area (Å²) in [7, 11) is 0. The Kier molecular flexibility index (Phi) is 2.40. The Morgan fingerprint density at radius 3 is 2.58 bits per heavy atom. The van der Waals surface area contributed by atoms with Gasteiger partial charge in [0.15, 0.2) is 0 Å². The molecule has 0 radical (unpaired) electrons. The summed E-state index contributed by atoms with van der Waals surface area (Å²) in [6.07, 6.45) is 1.31. The molecule has 5 heteroatoms. The van der Waals surface area contributed by atoms with Crippen molar-refractivity contribution in [2.45, 2.75) is 0 Å². The highest BCUT2D eigenvalue weighted by atomic mass is 35.5. The minimum Gasteiger partial charge on any atom is -0.478 e. The molecule has 0 unspecified atom stereocenters. The van der Waals surface area contributed by atoms with Crippen molar-refractivity contribution in [3.05, 3.63) is 29.6 Å². The van der Waals surface area contributed by atoms with Crippen LogP contribution in [0.5, 0.6) is 0 Å². The third kappa shape index (κ3) is 1.60. The number of carbonyl (C=O) groups excluding carboxylic acids is 1. The summed E-state index contributed by atoms with van der Waals surface area (Å²) in [5.74, 6) is -1.22. The molecule has 1 aromatic rings. The number of aromatic nitrogens is 1. The van der Waals surface area contributed by atoms with E-state index in [0.29, 0.717) is 0 Å². The SMILES string of the molecule is O=C(O)c1cccnc1C(=O)Cl. The fourth-order valence-corrected chi connectivity index (χ4v) is 0.885. The first-order valence-electron chi connectivity index (χ1n) is 3.01. The van der Waals surface area contributed by atoms with Gasteiger partial charge in [-0.05, 0) is 23.7 Å². The van der Waals surface area contributed by atoms with Gasteiger partial charge in [0.2, 0.25) is 0 Å². The van der Waals surface area contributed by atoms with Gasteiger partial charge in [0, 0.05) is 6.20 Å². The summed E-state index contributed by atoms with van der Waals surface area (Å²) in [5, 5.41) is 7.70. The number of carboxylic acids is 1. The Labute approximate surface area is 72.8 Å². The highest BCUT2D eigenvalue weighted by molar-refractivity contribution is 6.67. The predicted molar refractivity (Wildman–Crippen MR) is 41.4 cm³/mol. The summed E-state index contributed by atoms with van der Waals surface area (Å²) in [4.78, 5) is 24.6. The lowest BCUT2D eigenvalue weighted by Gasteiger charge is -1.97. The lowest BCUT2D eigenvalue weighted by Crippen LogP contribution is -2.06. The van der Waals surface area contributed by atoms with E-state index >= 15 is 0 Å². The zero-order chi connectivity index (χ0) is 9.14. The van der Waals surface area contributed by atoms with Crippen molar-refractivity contribution < 1.29 is 14.7 Å². The molecule has 0 aliphatic heterocycles. The van der Waals surface area contributed by atoms with Gasteiger partial charge >= 0.3 is 5.97 Å². The summed E-state index contributed by atoms with van der Waals surface area (Å²) in [6.45, 7) is 0. The van der Waals surface area contributed by atoms with E-state index in [-0.39, 0.29) is 11.3 Å². The number of aromatic carboxylic acids is 1. The number of rotatable bonds is 2. The molecule has 0 saturated heterocycles. The van der Waals surface area contributed by atoms with Crippen LogP contribution in [0.3, 0.4) is 0 Å². The number of halogens is 1. The van der Waals surface area contributed by atoms with Crippen LogP contribution < -0.4 is 0 Å². The number of carboxylic acid groups (broad SMARTS) is 1. The van der Waals surface area contributed by atoms with Crippen molar-refractivity contribution in [3.63, 3.8) is 0 Å². The van der Waals surface area contributed by atoms with E-state index in [9.17, 15) is 9.59 Å². The van der Waals surface area contributed by atoms with E-state index < -0.39 is 11.2 Å². The molecule has 1 rings (SSSR count). The number of carbonyl (C=O) groups is 2. The molecule has 12 heavy (non-hydrogen) atoms. The van der Waals surface area contributed by atoms with Crippen LogP contribution in [0.2, 0.25) is 0 Å². The third-order valence-electron chi connectivity index (χ3n) is 1.22. The molecular weight excluding hydrogens is 182 g/mol. The molecule has 1 N–H and O–H groups in total. The second-order valence-corrected chi connectivity index (χ2v) is 2.32. The summed E-state index contributed by atoms with van der Waals surface area (Å²) >= 11 is 5.09. The second kappa shape index (κ2) is 3.32. The first-order chi connectivity index (χ1) is 5.63. The highest BCUT2D eigenvalue weighted by Gasteiger charge is 2.14. The number of hydrogen-bond acceptors (Lipinski definition) is 3. The average molecular weight is 186 g/mol. The van der Waals surface area contributed by atoms with E-state index in [1.807, 2.05) is 0 Å². The molecule has 0 aliphatic rings. The maximum atomic E-state index is 10.6. The summed E-state index contributed by atoms with van der Waals surface area (Å²) < 4.78 is 0. The second-order valence-electron chi connectivity index (χ2n) is 1.98. The minimum absolute atomic E-state index is 0.183. The van der Waals surface area contributed by atoms with Crippen molar-refractivity contribution in [1.82, 2.24) is 4.98 Å². The topological polar surface area (TPSA) is 67.3 Å². The van der Waals surface area contributed by atoms with Crippen LogP contribution in [0.25, 0.3) is 0 Å². The van der Waals surface area contributed by atoms with Gasteiger partial charge in [-0.15, -0.1) is 0 Å². The molecule has 1 aromatic heterocycles. The Morgan fingerprint density at radius 1 is 1.50 bits per heavy atom. The molecule has 0 fully saturated rings. The van der Waals surface area contributed by atoms with E-state index in [1.165, 1.54) is 18.3 Å². The Bertz CT molecular complexity index is 304. The number of hydrogen-bond donors (Lipinski definition) is 1. The van der Waals surface area contributed by atoms with Crippen LogP contribution in [-0.2, 0) is 0 Å². The van der Waals surface area contributed by atoms with Crippen LogP contribution in [0, 0.1) is 0 Å². The fraction of sp³-hybridized carbons (Fsp3) is 0. The van der Waals surface area contributed by atoms with Crippen LogP contribution in [-0.4, -0.2) is 21.3 Å². The van der Waals surface area contributed by atoms with Crippen LogP contribution in [0.4, 0.5) is 0 Å². The molecule has 0 bridgehead atoms. The van der Waals surface area contributed by atoms with Crippen LogP contribution in [0.15, 0.2) is 18.3 Å². The average Bonchev–Trinajstić information content (AvgIpc) is 2.04. The Balaban J connectivity index is 3.27. The first kappa shape index (κ1) is 8.67. The molecule has 0 atom stereocenters. The van der Waals surface area contributed by atoms with Crippen molar-refractivity contribution in [3.8, 4) is 0 Å². The van der Waals surface area contributed by atoms with Gasteiger partial charge in [0.1, 0.15) is 5.69 Å².